The third-order valence-corrected chi connectivity index (χ3v) is 3.68. The van der Waals surface area contributed by atoms with E-state index < -0.39 is 4.92 Å². The largest absolute Gasteiger partial charge is 0.496 e. The minimum Gasteiger partial charge on any atom is -0.496 e. The minimum atomic E-state index is -0.493. The first-order valence-electron chi connectivity index (χ1n) is 7.89. The lowest BCUT2D eigenvalue weighted by Crippen LogP contribution is -2.17. The van der Waals surface area contributed by atoms with E-state index in [9.17, 15) is 14.9 Å². The summed E-state index contributed by atoms with van der Waals surface area (Å²) in [6, 6.07) is 16.2. The lowest BCUT2D eigenvalue weighted by atomic mass is 10.1. The molecule has 3 rings (SSSR count). The number of nitrogens with zero attached hydrogens (tertiary/aromatic N) is 2. The zero-order valence-electron chi connectivity index (χ0n) is 14.3. The number of hydrazone groups is 1. The van der Waals surface area contributed by atoms with Gasteiger partial charge in [0.1, 0.15) is 17.3 Å². The molecule has 0 aliphatic heterocycles. The first-order valence-corrected chi connectivity index (χ1v) is 7.89. The maximum Gasteiger partial charge on any atom is 0.271 e. The molecule has 8 nitrogen and oxygen atoms in total. The smallest absolute Gasteiger partial charge is 0.271 e. The van der Waals surface area contributed by atoms with Crippen molar-refractivity contribution in [2.75, 3.05) is 7.11 Å². The molecule has 0 aliphatic carbocycles. The van der Waals surface area contributed by atoms with E-state index in [1.54, 1.807) is 36.4 Å². The highest BCUT2D eigenvalue weighted by molar-refractivity contribution is 5.94. The highest BCUT2D eigenvalue weighted by Gasteiger charge is 2.15. The zero-order valence-corrected chi connectivity index (χ0v) is 14.3. The van der Waals surface area contributed by atoms with Crippen molar-refractivity contribution in [2.24, 2.45) is 5.10 Å². The number of hydrogen-bond acceptors (Lipinski definition) is 6. The van der Waals surface area contributed by atoms with Gasteiger partial charge in [0.05, 0.1) is 23.8 Å². The number of furan rings is 1. The first-order chi connectivity index (χ1) is 13.1. The van der Waals surface area contributed by atoms with Crippen molar-refractivity contribution < 1.29 is 18.9 Å². The van der Waals surface area contributed by atoms with Gasteiger partial charge >= 0.3 is 0 Å². The summed E-state index contributed by atoms with van der Waals surface area (Å²) in [4.78, 5) is 22.4. The Morgan fingerprint density at radius 3 is 2.67 bits per heavy atom. The number of amides is 1. The second-order valence-corrected chi connectivity index (χ2v) is 5.41. The van der Waals surface area contributed by atoms with Crippen LogP contribution >= 0.6 is 0 Å². The summed E-state index contributed by atoms with van der Waals surface area (Å²) in [6.45, 7) is 0. The van der Waals surface area contributed by atoms with E-state index >= 15 is 0 Å². The summed E-state index contributed by atoms with van der Waals surface area (Å²) < 4.78 is 10.9. The molecule has 0 fully saturated rings. The fourth-order valence-corrected chi connectivity index (χ4v) is 2.38. The van der Waals surface area contributed by atoms with Gasteiger partial charge in [-0.15, -0.1) is 0 Å². The Morgan fingerprint density at radius 1 is 1.19 bits per heavy atom. The summed E-state index contributed by atoms with van der Waals surface area (Å²) in [5, 5.41) is 14.8. The lowest BCUT2D eigenvalue weighted by molar-refractivity contribution is -0.384. The van der Waals surface area contributed by atoms with Crippen molar-refractivity contribution in [3.8, 4) is 17.1 Å². The van der Waals surface area contributed by atoms with Gasteiger partial charge in [0, 0.05) is 17.7 Å². The monoisotopic (exact) mass is 365 g/mol. The zero-order chi connectivity index (χ0) is 19.2. The van der Waals surface area contributed by atoms with Gasteiger partial charge in [-0.05, 0) is 30.3 Å². The van der Waals surface area contributed by atoms with Crippen LogP contribution in [0.1, 0.15) is 16.1 Å². The number of carbonyl (C=O) groups excluding carboxylic acids is 1. The average Bonchev–Trinajstić information content (AvgIpc) is 3.16. The number of hydrogen-bond donors (Lipinski definition) is 1. The second-order valence-electron chi connectivity index (χ2n) is 5.41. The number of methoxy groups -OCH3 is 1. The molecule has 0 spiro atoms. The molecule has 0 saturated carbocycles. The van der Waals surface area contributed by atoms with Gasteiger partial charge in [-0.25, -0.2) is 5.43 Å². The molecule has 0 bridgehead atoms. The molecule has 0 saturated heterocycles. The van der Waals surface area contributed by atoms with Gasteiger partial charge in [-0.1, -0.05) is 18.2 Å². The maximum atomic E-state index is 11.9. The number of ether oxygens (including phenoxy) is 1. The molecule has 0 atom stereocenters. The highest BCUT2D eigenvalue weighted by atomic mass is 16.6. The lowest BCUT2D eigenvalue weighted by Gasteiger charge is -2.05. The number of nitrogens with one attached hydrogen (secondary N) is 1. The van der Waals surface area contributed by atoms with Crippen LogP contribution in [0.25, 0.3) is 11.3 Å². The van der Waals surface area contributed by atoms with Gasteiger partial charge < -0.3 is 9.15 Å². The third kappa shape index (κ3) is 4.18. The van der Waals surface area contributed by atoms with Crippen molar-refractivity contribution in [1.82, 2.24) is 5.43 Å². The Balaban J connectivity index is 1.76. The van der Waals surface area contributed by atoms with Crippen LogP contribution in [0.4, 0.5) is 5.69 Å². The third-order valence-electron chi connectivity index (χ3n) is 3.68. The van der Waals surface area contributed by atoms with Crippen molar-refractivity contribution in [2.45, 2.75) is 0 Å². The predicted molar refractivity (Wildman–Crippen MR) is 98.9 cm³/mol. The summed E-state index contributed by atoms with van der Waals surface area (Å²) in [5.74, 6) is 0.841. The maximum absolute atomic E-state index is 11.9. The summed E-state index contributed by atoms with van der Waals surface area (Å²) in [7, 11) is 1.47. The fourth-order valence-electron chi connectivity index (χ4n) is 2.38. The van der Waals surface area contributed by atoms with Gasteiger partial charge in [-0.3, -0.25) is 14.9 Å². The number of nitro groups is 1. The van der Waals surface area contributed by atoms with E-state index in [1.165, 1.54) is 31.5 Å². The van der Waals surface area contributed by atoms with Crippen molar-refractivity contribution in [3.63, 3.8) is 0 Å². The van der Waals surface area contributed by atoms with Gasteiger partial charge in [0.15, 0.2) is 0 Å². The normalized spacial score (nSPS) is 10.7. The Hall–Kier alpha value is -3.94. The molecule has 27 heavy (non-hydrogen) atoms. The quantitative estimate of drug-likeness (QED) is 0.408. The van der Waals surface area contributed by atoms with Gasteiger partial charge in [0.25, 0.3) is 11.6 Å². The van der Waals surface area contributed by atoms with E-state index in [-0.39, 0.29) is 11.6 Å². The van der Waals surface area contributed by atoms with E-state index in [4.69, 9.17) is 9.15 Å². The average molecular weight is 365 g/mol. The number of non-ortho nitro benzene ring substituents is 1. The van der Waals surface area contributed by atoms with Crippen LogP contribution in [0.2, 0.25) is 0 Å². The van der Waals surface area contributed by atoms with E-state index in [0.29, 0.717) is 28.4 Å². The van der Waals surface area contributed by atoms with E-state index in [2.05, 4.69) is 10.5 Å². The number of rotatable bonds is 6. The van der Waals surface area contributed by atoms with Crippen LogP contribution in [0.5, 0.6) is 5.75 Å². The van der Waals surface area contributed by atoms with E-state index in [0.717, 1.165) is 0 Å². The summed E-state index contributed by atoms with van der Waals surface area (Å²) in [6.07, 6.45) is 1.34. The molecule has 0 radical (unpaired) electrons. The Kier molecular flexibility index (Phi) is 5.27. The van der Waals surface area contributed by atoms with Crippen molar-refractivity contribution >= 4 is 17.8 Å². The van der Waals surface area contributed by atoms with Crippen molar-refractivity contribution in [1.29, 1.82) is 0 Å². The number of carbonyl (C=O) groups is 1. The van der Waals surface area contributed by atoms with Crippen molar-refractivity contribution in [3.05, 3.63) is 82.1 Å². The molecule has 3 aromatic rings. The van der Waals surface area contributed by atoms with Crippen LogP contribution in [0, 0.1) is 10.1 Å². The Morgan fingerprint density at radius 2 is 1.96 bits per heavy atom. The van der Waals surface area contributed by atoms with Crippen LogP contribution in [-0.2, 0) is 0 Å². The van der Waals surface area contributed by atoms with Crippen LogP contribution < -0.4 is 10.2 Å². The van der Waals surface area contributed by atoms with Gasteiger partial charge in [-0.2, -0.15) is 5.10 Å². The van der Waals surface area contributed by atoms with Gasteiger partial charge in [0.2, 0.25) is 0 Å². The molecule has 1 N–H and O–H groups in total. The first kappa shape index (κ1) is 17.9. The molecular weight excluding hydrogens is 350 g/mol. The highest BCUT2D eigenvalue weighted by Crippen LogP contribution is 2.34. The molecule has 1 heterocycles. The molecule has 2 aromatic carbocycles. The Labute approximate surface area is 154 Å². The molecule has 1 amide bonds. The molecule has 136 valence electrons. The van der Waals surface area contributed by atoms with Crippen LogP contribution in [0.15, 0.2) is 70.2 Å². The number of nitro benzene ring substituents is 1. The molecule has 8 heteroatoms. The predicted octanol–water partition coefficient (Wildman–Crippen LogP) is 3.63. The fraction of sp³-hybridized carbons (Fsp3) is 0.0526. The second kappa shape index (κ2) is 7.96. The minimum absolute atomic E-state index is 0.0764. The molecule has 0 aliphatic rings. The Bertz CT molecular complexity index is 996. The number of benzene rings is 2. The summed E-state index contributed by atoms with van der Waals surface area (Å²) in [5.41, 5.74) is 3.25. The van der Waals surface area contributed by atoms with Crippen LogP contribution in [-0.4, -0.2) is 24.2 Å². The topological polar surface area (TPSA) is 107 Å². The standard InChI is InChI=1S/C19H15N3O5/c1-26-17-9-7-14(22(24)25)11-16(17)18-10-8-15(27-18)12-20-21-19(23)13-5-3-2-4-6-13/h2-12H,1H3,(H,21,23)/b20-12-. The molecule has 1 aromatic heterocycles. The summed E-state index contributed by atoms with van der Waals surface area (Å²) >= 11 is 0. The SMILES string of the molecule is COc1ccc([N+](=O)[O-])cc1-c1ccc(/C=N\NC(=O)c2ccccc2)o1. The molecule has 0 unspecified atom stereocenters. The van der Waals surface area contributed by atoms with E-state index in [1.807, 2.05) is 6.07 Å². The van der Waals surface area contributed by atoms with Crippen LogP contribution in [0.3, 0.4) is 0 Å². The molecular formula is C19H15N3O5.